The molecular formula is C26H46N2O5. The molecule has 0 saturated carbocycles. The molecule has 0 aromatic rings. The lowest BCUT2D eigenvalue weighted by Gasteiger charge is -2.28. The van der Waals surface area contributed by atoms with E-state index >= 15 is 0 Å². The van der Waals surface area contributed by atoms with Crippen LogP contribution in [0.3, 0.4) is 0 Å². The van der Waals surface area contributed by atoms with Gasteiger partial charge >= 0.3 is 12.2 Å². The minimum absolute atomic E-state index is 0.147. The largest absolute Gasteiger partial charge is 0.443 e. The monoisotopic (exact) mass is 466 g/mol. The Balaban J connectivity index is 2.25. The van der Waals surface area contributed by atoms with E-state index in [1.807, 2.05) is 11.0 Å². The number of hydrogen-bond acceptors (Lipinski definition) is 5. The zero-order valence-corrected chi connectivity index (χ0v) is 21.8. The molecule has 1 aliphatic heterocycles. The Morgan fingerprint density at radius 3 is 1.76 bits per heavy atom. The maximum atomic E-state index is 12.5. The second-order valence-corrected chi connectivity index (χ2v) is 10.8. The molecule has 0 N–H and O–H groups in total. The first kappa shape index (κ1) is 29.0. The number of carbonyl (C=O) groups is 3. The number of imide groups is 1. The predicted molar refractivity (Wildman–Crippen MR) is 131 cm³/mol. The molecule has 1 fully saturated rings. The Kier molecular flexibility index (Phi) is 12.5. The van der Waals surface area contributed by atoms with Crippen molar-refractivity contribution in [2.45, 2.75) is 117 Å². The highest BCUT2D eigenvalue weighted by atomic mass is 16.6. The van der Waals surface area contributed by atoms with Crippen molar-refractivity contribution >= 4 is 18.1 Å². The minimum Gasteiger partial charge on any atom is -0.443 e. The maximum absolute atomic E-state index is 12.5. The molecule has 3 amide bonds. The number of nitrogens with zero attached hydrogens (tertiary/aromatic N) is 2. The maximum Gasteiger partial charge on any atom is 0.419 e. The van der Waals surface area contributed by atoms with E-state index in [1.54, 1.807) is 47.6 Å². The third kappa shape index (κ3) is 14.0. The Morgan fingerprint density at radius 2 is 1.24 bits per heavy atom. The molecule has 0 aromatic heterocycles. The van der Waals surface area contributed by atoms with Crippen LogP contribution in [0.4, 0.5) is 9.59 Å². The number of carbonyl (C=O) groups excluding carboxylic acids is 3. The fraction of sp³-hybridized carbons (Fsp3) is 0.808. The number of unbranched alkanes of at least 4 members (excludes halogenated alkanes) is 6. The number of piperidine rings is 1. The summed E-state index contributed by atoms with van der Waals surface area (Å²) in [5.41, 5.74) is -1.35. The summed E-state index contributed by atoms with van der Waals surface area (Å²) in [5.74, 6) is 0.147. The molecule has 190 valence electrons. The molecule has 0 aliphatic carbocycles. The zero-order valence-electron chi connectivity index (χ0n) is 21.8. The summed E-state index contributed by atoms with van der Waals surface area (Å²) in [5, 5.41) is 0. The molecule has 0 bridgehead atoms. The average Bonchev–Trinajstić information content (AvgIpc) is 2.69. The van der Waals surface area contributed by atoms with Crippen molar-refractivity contribution in [1.82, 2.24) is 9.80 Å². The van der Waals surface area contributed by atoms with E-state index in [2.05, 4.69) is 0 Å². The van der Waals surface area contributed by atoms with Gasteiger partial charge in [0.25, 0.3) is 0 Å². The molecule has 0 atom stereocenters. The molecule has 7 heteroatoms. The van der Waals surface area contributed by atoms with E-state index in [1.165, 1.54) is 6.42 Å². The van der Waals surface area contributed by atoms with E-state index in [9.17, 15) is 14.4 Å². The molecule has 7 nitrogen and oxygen atoms in total. The molecular weight excluding hydrogens is 420 g/mol. The van der Waals surface area contributed by atoms with Gasteiger partial charge in [0.1, 0.15) is 11.2 Å². The highest BCUT2D eigenvalue weighted by Crippen LogP contribution is 2.16. The number of likely N-dealkylation sites (tertiary alicyclic amines) is 1. The van der Waals surface area contributed by atoms with Crippen LogP contribution in [0.25, 0.3) is 0 Å². The van der Waals surface area contributed by atoms with Gasteiger partial charge in [-0.05, 0) is 86.1 Å². The number of hydrogen-bond donors (Lipinski definition) is 0. The molecule has 0 spiro atoms. The molecule has 1 saturated heterocycles. The first-order valence-electron chi connectivity index (χ1n) is 12.6. The summed E-state index contributed by atoms with van der Waals surface area (Å²) in [7, 11) is 0. The van der Waals surface area contributed by atoms with Gasteiger partial charge in [-0.25, -0.2) is 14.5 Å². The molecule has 33 heavy (non-hydrogen) atoms. The van der Waals surface area contributed by atoms with Crippen LogP contribution in [-0.4, -0.2) is 58.7 Å². The van der Waals surface area contributed by atoms with Crippen molar-refractivity contribution in [3.05, 3.63) is 12.2 Å². The van der Waals surface area contributed by atoms with Gasteiger partial charge in [-0.2, -0.15) is 0 Å². The van der Waals surface area contributed by atoms with Crippen LogP contribution < -0.4 is 0 Å². The second-order valence-electron chi connectivity index (χ2n) is 10.8. The van der Waals surface area contributed by atoms with E-state index < -0.39 is 23.4 Å². The van der Waals surface area contributed by atoms with Crippen molar-refractivity contribution in [3.8, 4) is 0 Å². The SMILES string of the molecule is CC(C)(C)OC(=O)N(CCCCCCCC/C=C/C(=O)N1CCCCC1)C(=O)OC(C)(C)C. The van der Waals surface area contributed by atoms with E-state index in [0.29, 0.717) is 6.42 Å². The smallest absolute Gasteiger partial charge is 0.419 e. The summed E-state index contributed by atoms with van der Waals surface area (Å²) in [6.07, 6.45) is 12.7. The van der Waals surface area contributed by atoms with Crippen molar-refractivity contribution in [3.63, 3.8) is 0 Å². The van der Waals surface area contributed by atoms with Crippen LogP contribution in [0.2, 0.25) is 0 Å². The number of ether oxygens (including phenoxy) is 2. The number of amides is 3. The van der Waals surface area contributed by atoms with E-state index in [4.69, 9.17) is 9.47 Å². The standard InChI is InChI=1S/C26H46N2O5/c1-25(2,3)32-23(30)28(24(31)33-26(4,5)6)21-17-12-10-8-7-9-11-14-18-22(29)27-19-15-13-16-20-27/h14,18H,7-13,15-17,19-21H2,1-6H3/b18-14+. The Bertz CT molecular complexity index is 612. The number of allylic oxidation sites excluding steroid dienone is 1. The zero-order chi connectivity index (χ0) is 24.9. The first-order valence-corrected chi connectivity index (χ1v) is 12.6. The molecule has 0 aromatic carbocycles. The fourth-order valence-corrected chi connectivity index (χ4v) is 3.53. The van der Waals surface area contributed by atoms with Crippen molar-refractivity contribution in [2.75, 3.05) is 19.6 Å². The lowest BCUT2D eigenvalue weighted by atomic mass is 10.1. The molecule has 1 rings (SSSR count). The predicted octanol–water partition coefficient (Wildman–Crippen LogP) is 6.46. The highest BCUT2D eigenvalue weighted by molar-refractivity contribution is 5.88. The summed E-state index contributed by atoms with van der Waals surface area (Å²) in [6.45, 7) is 12.7. The minimum atomic E-state index is -0.676. The molecule has 0 unspecified atom stereocenters. The van der Waals surface area contributed by atoms with Gasteiger partial charge < -0.3 is 14.4 Å². The van der Waals surface area contributed by atoms with Crippen LogP contribution in [0, 0.1) is 0 Å². The quantitative estimate of drug-likeness (QED) is 0.273. The Morgan fingerprint density at radius 1 is 0.758 bits per heavy atom. The topological polar surface area (TPSA) is 76.2 Å². The third-order valence-corrected chi connectivity index (χ3v) is 5.16. The first-order chi connectivity index (χ1) is 15.4. The van der Waals surface area contributed by atoms with Crippen molar-refractivity contribution in [1.29, 1.82) is 0 Å². The second kappa shape index (κ2) is 14.3. The van der Waals surface area contributed by atoms with Crippen molar-refractivity contribution < 1.29 is 23.9 Å². The normalized spacial score (nSPS) is 14.9. The van der Waals surface area contributed by atoms with E-state index in [0.717, 1.165) is 69.4 Å². The van der Waals surface area contributed by atoms with Gasteiger partial charge in [0.15, 0.2) is 0 Å². The van der Waals surface area contributed by atoms with Gasteiger partial charge in [-0.3, -0.25) is 4.79 Å². The Hall–Kier alpha value is -2.05. The van der Waals surface area contributed by atoms with Crippen LogP contribution in [-0.2, 0) is 14.3 Å². The molecule has 0 radical (unpaired) electrons. The van der Waals surface area contributed by atoms with Gasteiger partial charge in [0.05, 0.1) is 0 Å². The van der Waals surface area contributed by atoms with E-state index in [-0.39, 0.29) is 12.5 Å². The Labute approximate surface area is 200 Å². The highest BCUT2D eigenvalue weighted by Gasteiger charge is 2.30. The fourth-order valence-electron chi connectivity index (χ4n) is 3.53. The summed E-state index contributed by atoms with van der Waals surface area (Å²) in [4.78, 5) is 40.0. The van der Waals surface area contributed by atoms with Crippen LogP contribution >= 0.6 is 0 Å². The van der Waals surface area contributed by atoms with Gasteiger partial charge in [-0.1, -0.05) is 31.8 Å². The van der Waals surface area contributed by atoms with Crippen LogP contribution in [0.5, 0.6) is 0 Å². The van der Waals surface area contributed by atoms with Crippen LogP contribution in [0.15, 0.2) is 12.2 Å². The summed E-state index contributed by atoms with van der Waals surface area (Å²) >= 11 is 0. The molecule has 1 aliphatic rings. The molecule has 1 heterocycles. The summed E-state index contributed by atoms with van der Waals surface area (Å²) < 4.78 is 10.8. The summed E-state index contributed by atoms with van der Waals surface area (Å²) in [6, 6.07) is 0. The lowest BCUT2D eigenvalue weighted by molar-refractivity contribution is -0.126. The van der Waals surface area contributed by atoms with Gasteiger partial charge in [0.2, 0.25) is 5.91 Å². The lowest BCUT2D eigenvalue weighted by Crippen LogP contribution is -2.44. The third-order valence-electron chi connectivity index (χ3n) is 5.16. The average molecular weight is 467 g/mol. The van der Waals surface area contributed by atoms with Crippen molar-refractivity contribution in [2.24, 2.45) is 0 Å². The number of rotatable bonds is 10. The van der Waals surface area contributed by atoms with Gasteiger partial charge in [-0.15, -0.1) is 0 Å². The van der Waals surface area contributed by atoms with Gasteiger partial charge in [0, 0.05) is 19.6 Å². The van der Waals surface area contributed by atoms with Crippen LogP contribution in [0.1, 0.15) is 106 Å².